The quantitative estimate of drug-likeness (QED) is 0.846. The summed E-state index contributed by atoms with van der Waals surface area (Å²) in [6.07, 6.45) is 2.86. The number of nitrogens with zero attached hydrogens (tertiary/aromatic N) is 3. The summed E-state index contributed by atoms with van der Waals surface area (Å²) in [5, 5.41) is 18.6. The molecule has 1 heterocycles. The van der Waals surface area contributed by atoms with E-state index in [-0.39, 0.29) is 5.82 Å². The third-order valence-electron chi connectivity index (χ3n) is 4.02. The Balaban J connectivity index is 1.89. The molecular formula is C19H14FN3. The summed E-state index contributed by atoms with van der Waals surface area (Å²) in [5.74, 6) is -0.242. The van der Waals surface area contributed by atoms with Crippen molar-refractivity contribution < 1.29 is 4.39 Å². The zero-order valence-corrected chi connectivity index (χ0v) is 12.5. The van der Waals surface area contributed by atoms with E-state index in [1.54, 1.807) is 30.3 Å². The highest BCUT2D eigenvalue weighted by atomic mass is 19.1. The highest BCUT2D eigenvalue weighted by Crippen LogP contribution is 2.30. The highest BCUT2D eigenvalue weighted by Gasteiger charge is 2.19. The Labute approximate surface area is 134 Å². The van der Waals surface area contributed by atoms with E-state index < -0.39 is 0 Å². The number of hydrogen-bond acceptors (Lipinski definition) is 3. The summed E-state index contributed by atoms with van der Waals surface area (Å²) in [5.41, 5.74) is 3.91. The van der Waals surface area contributed by atoms with Gasteiger partial charge in [-0.05, 0) is 41.8 Å². The number of benzene rings is 2. The van der Waals surface area contributed by atoms with Gasteiger partial charge in [0, 0.05) is 13.1 Å². The Bertz CT molecular complexity index is 806. The fourth-order valence-corrected chi connectivity index (χ4v) is 2.86. The Hall–Kier alpha value is -3.11. The predicted molar refractivity (Wildman–Crippen MR) is 87.1 cm³/mol. The fourth-order valence-electron chi connectivity index (χ4n) is 2.86. The molecule has 112 valence electrons. The van der Waals surface area contributed by atoms with Crippen LogP contribution in [-0.2, 0) is 0 Å². The first-order valence-corrected chi connectivity index (χ1v) is 7.36. The highest BCUT2D eigenvalue weighted by molar-refractivity contribution is 5.73. The van der Waals surface area contributed by atoms with Gasteiger partial charge >= 0.3 is 0 Å². The van der Waals surface area contributed by atoms with Crippen LogP contribution in [0.25, 0.3) is 5.57 Å². The van der Waals surface area contributed by atoms with Crippen LogP contribution in [0.15, 0.2) is 48.5 Å². The SMILES string of the molecule is N#Cc1cccc(C#N)c1N1CC=C(c2ccc(F)cc2)CC1. The Morgan fingerprint density at radius 2 is 1.61 bits per heavy atom. The number of anilines is 1. The van der Waals surface area contributed by atoms with Gasteiger partial charge in [0.15, 0.2) is 0 Å². The van der Waals surface area contributed by atoms with Gasteiger partial charge in [0.05, 0.1) is 16.8 Å². The Kier molecular flexibility index (Phi) is 4.08. The monoisotopic (exact) mass is 303 g/mol. The number of nitriles is 2. The van der Waals surface area contributed by atoms with Gasteiger partial charge in [-0.25, -0.2) is 4.39 Å². The Morgan fingerprint density at radius 1 is 0.957 bits per heavy atom. The zero-order valence-electron chi connectivity index (χ0n) is 12.5. The number of halogens is 1. The molecular weight excluding hydrogens is 289 g/mol. The number of para-hydroxylation sites is 1. The lowest BCUT2D eigenvalue weighted by molar-refractivity contribution is 0.627. The molecule has 4 heteroatoms. The molecule has 0 bridgehead atoms. The average molecular weight is 303 g/mol. The van der Waals surface area contributed by atoms with Gasteiger partial charge in [-0.2, -0.15) is 10.5 Å². The molecule has 0 fully saturated rings. The van der Waals surface area contributed by atoms with Crippen molar-refractivity contribution in [1.29, 1.82) is 10.5 Å². The van der Waals surface area contributed by atoms with E-state index in [1.807, 2.05) is 4.90 Å². The largest absolute Gasteiger partial charge is 0.365 e. The van der Waals surface area contributed by atoms with Gasteiger partial charge in [0.1, 0.15) is 18.0 Å². The smallest absolute Gasteiger partial charge is 0.123 e. The first-order chi connectivity index (χ1) is 11.2. The van der Waals surface area contributed by atoms with Gasteiger partial charge in [-0.15, -0.1) is 0 Å². The molecule has 0 N–H and O–H groups in total. The molecule has 1 aliphatic rings. The summed E-state index contributed by atoms with van der Waals surface area (Å²) in [7, 11) is 0. The summed E-state index contributed by atoms with van der Waals surface area (Å²) in [6, 6.07) is 16.0. The second-order valence-corrected chi connectivity index (χ2v) is 5.36. The van der Waals surface area contributed by atoms with Crippen molar-refractivity contribution >= 4 is 11.3 Å². The lowest BCUT2D eigenvalue weighted by Crippen LogP contribution is -2.29. The molecule has 0 atom stereocenters. The van der Waals surface area contributed by atoms with Gasteiger partial charge in [0.2, 0.25) is 0 Å². The minimum Gasteiger partial charge on any atom is -0.365 e. The lowest BCUT2D eigenvalue weighted by Gasteiger charge is -2.30. The van der Waals surface area contributed by atoms with Crippen molar-refractivity contribution in [1.82, 2.24) is 0 Å². The molecule has 3 nitrogen and oxygen atoms in total. The normalized spacial score (nSPS) is 13.9. The van der Waals surface area contributed by atoms with Crippen molar-refractivity contribution in [3.05, 3.63) is 71.0 Å². The average Bonchev–Trinajstić information content (AvgIpc) is 2.62. The van der Waals surface area contributed by atoms with Crippen LogP contribution < -0.4 is 4.90 Å². The van der Waals surface area contributed by atoms with Crippen molar-refractivity contribution in [2.75, 3.05) is 18.0 Å². The van der Waals surface area contributed by atoms with Gasteiger partial charge < -0.3 is 4.90 Å². The molecule has 0 spiro atoms. The summed E-state index contributed by atoms with van der Waals surface area (Å²) < 4.78 is 13.0. The lowest BCUT2D eigenvalue weighted by atomic mass is 9.98. The second-order valence-electron chi connectivity index (χ2n) is 5.36. The van der Waals surface area contributed by atoms with Crippen molar-refractivity contribution in [2.45, 2.75) is 6.42 Å². The second kappa shape index (κ2) is 6.34. The number of rotatable bonds is 2. The molecule has 2 aromatic rings. The molecule has 23 heavy (non-hydrogen) atoms. The maximum absolute atomic E-state index is 13.0. The van der Waals surface area contributed by atoms with Crippen LogP contribution in [0.2, 0.25) is 0 Å². The van der Waals surface area contributed by atoms with E-state index in [2.05, 4.69) is 18.2 Å². The topological polar surface area (TPSA) is 50.8 Å². The molecule has 0 saturated carbocycles. The van der Waals surface area contributed by atoms with E-state index >= 15 is 0 Å². The van der Waals surface area contributed by atoms with Crippen molar-refractivity contribution in [3.63, 3.8) is 0 Å². The maximum Gasteiger partial charge on any atom is 0.123 e. The molecule has 0 aliphatic carbocycles. The van der Waals surface area contributed by atoms with E-state index in [0.717, 1.165) is 24.1 Å². The van der Waals surface area contributed by atoms with Crippen LogP contribution in [0, 0.1) is 28.5 Å². The third-order valence-corrected chi connectivity index (χ3v) is 4.02. The van der Waals surface area contributed by atoms with E-state index in [4.69, 9.17) is 0 Å². The summed E-state index contributed by atoms with van der Waals surface area (Å²) >= 11 is 0. The van der Waals surface area contributed by atoms with Crippen molar-refractivity contribution in [3.8, 4) is 12.1 Å². The first-order valence-electron chi connectivity index (χ1n) is 7.36. The minimum atomic E-state index is -0.242. The van der Waals surface area contributed by atoms with Gasteiger partial charge in [0.25, 0.3) is 0 Å². The maximum atomic E-state index is 13.0. The van der Waals surface area contributed by atoms with Gasteiger partial charge in [-0.3, -0.25) is 0 Å². The van der Waals surface area contributed by atoms with E-state index in [9.17, 15) is 14.9 Å². The minimum absolute atomic E-state index is 0.242. The zero-order chi connectivity index (χ0) is 16.2. The van der Waals surface area contributed by atoms with Crippen LogP contribution in [0.3, 0.4) is 0 Å². The molecule has 0 unspecified atom stereocenters. The molecule has 0 radical (unpaired) electrons. The summed E-state index contributed by atoms with van der Waals surface area (Å²) in [6.45, 7) is 1.34. The molecule has 0 saturated heterocycles. The van der Waals surface area contributed by atoms with Gasteiger partial charge in [-0.1, -0.05) is 24.3 Å². The van der Waals surface area contributed by atoms with E-state index in [1.165, 1.54) is 12.1 Å². The third kappa shape index (κ3) is 2.93. The predicted octanol–water partition coefficient (Wildman–Crippen LogP) is 3.86. The van der Waals surface area contributed by atoms with Crippen LogP contribution in [0.5, 0.6) is 0 Å². The van der Waals surface area contributed by atoms with E-state index in [0.29, 0.717) is 23.4 Å². The molecule has 1 aliphatic heterocycles. The molecule has 2 aromatic carbocycles. The summed E-state index contributed by atoms with van der Waals surface area (Å²) in [4.78, 5) is 2.05. The van der Waals surface area contributed by atoms with Crippen LogP contribution in [0.4, 0.5) is 10.1 Å². The molecule has 0 aromatic heterocycles. The Morgan fingerprint density at radius 3 is 2.13 bits per heavy atom. The van der Waals surface area contributed by atoms with Crippen LogP contribution in [0.1, 0.15) is 23.1 Å². The van der Waals surface area contributed by atoms with Crippen LogP contribution >= 0.6 is 0 Å². The van der Waals surface area contributed by atoms with Crippen molar-refractivity contribution in [2.24, 2.45) is 0 Å². The standard InChI is InChI=1S/C19H14FN3/c20-18-6-4-14(5-7-18)15-8-10-23(11-9-15)19-16(12-21)2-1-3-17(19)13-22/h1-8H,9-11H2. The molecule has 0 amide bonds. The first kappa shape index (κ1) is 14.8. The fraction of sp³-hybridized carbons (Fsp3) is 0.158. The molecule has 3 rings (SSSR count). The number of hydrogen-bond donors (Lipinski definition) is 0. The van der Waals surface area contributed by atoms with Crippen LogP contribution in [-0.4, -0.2) is 13.1 Å².